The van der Waals surface area contributed by atoms with Gasteiger partial charge in [-0.05, 0) is 31.8 Å². The summed E-state index contributed by atoms with van der Waals surface area (Å²) < 4.78 is 19.6. The Hall–Kier alpha value is -1.13. The van der Waals surface area contributed by atoms with E-state index >= 15 is 0 Å². The van der Waals surface area contributed by atoms with E-state index in [1.54, 1.807) is 24.3 Å². The zero-order valence-corrected chi connectivity index (χ0v) is 12.6. The average Bonchev–Trinajstić information content (AvgIpc) is 2.24. The van der Waals surface area contributed by atoms with Crippen LogP contribution in [0.5, 0.6) is 0 Å². The zero-order chi connectivity index (χ0) is 13.9. The molecule has 0 N–H and O–H groups in total. The van der Waals surface area contributed by atoms with Crippen molar-refractivity contribution in [3.63, 3.8) is 0 Å². The SMILES string of the molecule is CC(=O)/C(F)=C(\O[Si](C)(C)C)c1ccccc1Cl. The predicted molar refractivity (Wildman–Crippen MR) is 74.6 cm³/mol. The number of hydrogen-bond donors (Lipinski definition) is 0. The Kier molecular flexibility index (Phi) is 4.70. The smallest absolute Gasteiger partial charge is 0.242 e. The van der Waals surface area contributed by atoms with E-state index in [2.05, 4.69) is 0 Å². The van der Waals surface area contributed by atoms with Gasteiger partial charge < -0.3 is 4.43 Å². The second-order valence-electron chi connectivity index (χ2n) is 4.89. The summed E-state index contributed by atoms with van der Waals surface area (Å²) in [5.41, 5.74) is 0.411. The van der Waals surface area contributed by atoms with Gasteiger partial charge in [-0.25, -0.2) is 0 Å². The highest BCUT2D eigenvalue weighted by Crippen LogP contribution is 2.30. The molecule has 98 valence electrons. The van der Waals surface area contributed by atoms with Crippen molar-refractivity contribution in [1.29, 1.82) is 0 Å². The van der Waals surface area contributed by atoms with Crippen molar-refractivity contribution >= 4 is 31.5 Å². The Morgan fingerprint density at radius 1 is 1.28 bits per heavy atom. The van der Waals surface area contributed by atoms with E-state index in [0.717, 1.165) is 0 Å². The number of ketones is 1. The molecule has 0 saturated heterocycles. The fraction of sp³-hybridized carbons (Fsp3) is 0.308. The largest absolute Gasteiger partial charge is 0.542 e. The van der Waals surface area contributed by atoms with E-state index in [1.807, 2.05) is 19.6 Å². The molecule has 0 aliphatic heterocycles. The first kappa shape index (κ1) is 14.9. The highest BCUT2D eigenvalue weighted by molar-refractivity contribution is 6.70. The standard InChI is InChI=1S/C13H16ClFO2Si/c1-9(16)12(15)13(17-18(2,3)4)10-7-5-6-8-11(10)14/h5-8H,1-4H3/b13-12+. The van der Waals surface area contributed by atoms with Gasteiger partial charge in [-0.1, -0.05) is 23.7 Å². The molecule has 2 nitrogen and oxygen atoms in total. The quantitative estimate of drug-likeness (QED) is 0.465. The van der Waals surface area contributed by atoms with E-state index < -0.39 is 19.9 Å². The van der Waals surface area contributed by atoms with Crippen molar-refractivity contribution in [3.8, 4) is 0 Å². The highest BCUT2D eigenvalue weighted by Gasteiger charge is 2.24. The Morgan fingerprint density at radius 3 is 2.28 bits per heavy atom. The van der Waals surface area contributed by atoms with Crippen LogP contribution in [0.2, 0.25) is 24.7 Å². The number of rotatable bonds is 4. The third-order valence-electron chi connectivity index (χ3n) is 2.04. The minimum Gasteiger partial charge on any atom is -0.542 e. The predicted octanol–water partition coefficient (Wildman–Crippen LogP) is 4.42. The summed E-state index contributed by atoms with van der Waals surface area (Å²) in [5.74, 6) is -1.60. The van der Waals surface area contributed by atoms with Crippen molar-refractivity contribution in [2.45, 2.75) is 26.6 Å². The van der Waals surface area contributed by atoms with Gasteiger partial charge in [0.25, 0.3) is 0 Å². The molecular formula is C13H16ClFO2Si. The molecule has 0 amide bonds. The summed E-state index contributed by atoms with van der Waals surface area (Å²) in [6.07, 6.45) is 0. The van der Waals surface area contributed by atoms with Crippen LogP contribution in [0.1, 0.15) is 12.5 Å². The van der Waals surface area contributed by atoms with Crippen LogP contribution in [0.3, 0.4) is 0 Å². The van der Waals surface area contributed by atoms with E-state index in [0.29, 0.717) is 10.6 Å². The second kappa shape index (κ2) is 5.67. The van der Waals surface area contributed by atoms with Crippen LogP contribution in [0.25, 0.3) is 5.76 Å². The lowest BCUT2D eigenvalue weighted by Gasteiger charge is -2.22. The van der Waals surface area contributed by atoms with Crippen LogP contribution in [0.15, 0.2) is 30.1 Å². The lowest BCUT2D eigenvalue weighted by molar-refractivity contribution is -0.114. The molecule has 0 radical (unpaired) electrons. The average molecular weight is 287 g/mol. The third-order valence-corrected chi connectivity index (χ3v) is 3.18. The van der Waals surface area contributed by atoms with Gasteiger partial charge in [0.15, 0.2) is 11.5 Å². The third kappa shape index (κ3) is 3.96. The minimum absolute atomic E-state index is 0.0488. The molecule has 0 atom stereocenters. The second-order valence-corrected chi connectivity index (χ2v) is 9.73. The molecule has 1 rings (SSSR count). The van der Waals surface area contributed by atoms with E-state index in [9.17, 15) is 9.18 Å². The minimum atomic E-state index is -2.04. The van der Waals surface area contributed by atoms with Crippen LogP contribution in [-0.4, -0.2) is 14.1 Å². The Morgan fingerprint density at radius 2 is 1.83 bits per heavy atom. The summed E-state index contributed by atoms with van der Waals surface area (Å²) in [6.45, 7) is 6.91. The van der Waals surface area contributed by atoms with Crippen molar-refractivity contribution in [2.75, 3.05) is 0 Å². The van der Waals surface area contributed by atoms with Crippen LogP contribution in [-0.2, 0) is 9.22 Å². The topological polar surface area (TPSA) is 26.3 Å². The van der Waals surface area contributed by atoms with Crippen molar-refractivity contribution in [1.82, 2.24) is 0 Å². The first-order chi connectivity index (χ1) is 8.22. The van der Waals surface area contributed by atoms with Gasteiger partial charge in [0.1, 0.15) is 0 Å². The fourth-order valence-corrected chi connectivity index (χ4v) is 2.36. The van der Waals surface area contributed by atoms with Gasteiger partial charge in [-0.3, -0.25) is 4.79 Å². The molecule has 0 bridgehead atoms. The maximum absolute atomic E-state index is 14.0. The highest BCUT2D eigenvalue weighted by atomic mass is 35.5. The number of allylic oxidation sites excluding steroid dienone is 1. The van der Waals surface area contributed by atoms with Gasteiger partial charge in [-0.2, -0.15) is 4.39 Å². The van der Waals surface area contributed by atoms with Crippen molar-refractivity contribution in [3.05, 3.63) is 40.7 Å². The van der Waals surface area contributed by atoms with Crippen LogP contribution in [0, 0.1) is 0 Å². The molecule has 0 unspecified atom stereocenters. The lowest BCUT2D eigenvalue weighted by Crippen LogP contribution is -2.25. The molecule has 0 heterocycles. The molecule has 0 spiro atoms. The number of carbonyl (C=O) groups excluding carboxylic acids is 1. The molecule has 1 aromatic rings. The first-order valence-electron chi connectivity index (χ1n) is 5.57. The zero-order valence-electron chi connectivity index (χ0n) is 10.9. The molecule has 5 heteroatoms. The van der Waals surface area contributed by atoms with Crippen molar-refractivity contribution < 1.29 is 13.6 Å². The van der Waals surface area contributed by atoms with E-state index in [1.165, 1.54) is 6.92 Å². The first-order valence-corrected chi connectivity index (χ1v) is 9.35. The monoisotopic (exact) mass is 286 g/mol. The molecule has 0 saturated carbocycles. The Balaban J connectivity index is 3.36. The number of benzene rings is 1. The molecule has 0 fully saturated rings. The van der Waals surface area contributed by atoms with Gasteiger partial charge in [0.2, 0.25) is 14.1 Å². The molecule has 0 aliphatic carbocycles. The van der Waals surface area contributed by atoms with E-state index in [4.69, 9.17) is 16.0 Å². The van der Waals surface area contributed by atoms with Gasteiger partial charge >= 0.3 is 0 Å². The summed E-state index contributed by atoms with van der Waals surface area (Å²) in [5, 5.41) is 0.363. The molecule has 0 aromatic heterocycles. The maximum atomic E-state index is 14.0. The molecule has 1 aromatic carbocycles. The summed E-state index contributed by atoms with van der Waals surface area (Å²) in [4.78, 5) is 11.2. The Bertz CT molecular complexity index is 492. The number of halogens is 2. The van der Waals surface area contributed by atoms with Crippen LogP contribution >= 0.6 is 11.6 Å². The lowest BCUT2D eigenvalue weighted by atomic mass is 10.1. The van der Waals surface area contributed by atoms with Gasteiger partial charge in [0, 0.05) is 12.5 Å². The number of hydrogen-bond acceptors (Lipinski definition) is 2. The number of carbonyl (C=O) groups is 1. The van der Waals surface area contributed by atoms with Crippen LogP contribution < -0.4 is 0 Å². The van der Waals surface area contributed by atoms with Crippen LogP contribution in [0.4, 0.5) is 4.39 Å². The summed E-state index contributed by atoms with van der Waals surface area (Å²) in [7, 11) is -2.04. The molecule has 0 aliphatic rings. The summed E-state index contributed by atoms with van der Waals surface area (Å²) >= 11 is 6.02. The fourth-order valence-electron chi connectivity index (χ4n) is 1.33. The molecular weight excluding hydrogens is 271 g/mol. The van der Waals surface area contributed by atoms with E-state index in [-0.39, 0.29) is 5.76 Å². The number of Topliss-reactive ketones (excluding diaryl/α,β-unsaturated/α-hetero) is 1. The molecule has 18 heavy (non-hydrogen) atoms. The summed E-state index contributed by atoms with van der Waals surface area (Å²) in [6, 6.07) is 6.74. The van der Waals surface area contributed by atoms with Gasteiger partial charge in [0.05, 0.1) is 5.02 Å². The Labute approximate surface area is 113 Å². The van der Waals surface area contributed by atoms with Gasteiger partial charge in [-0.15, -0.1) is 0 Å². The van der Waals surface area contributed by atoms with Crippen molar-refractivity contribution in [2.24, 2.45) is 0 Å². The maximum Gasteiger partial charge on any atom is 0.242 e. The normalized spacial score (nSPS) is 13.0.